The number of hydrogen-bond donors (Lipinski definition) is 2. The Morgan fingerprint density at radius 2 is 2.14 bits per heavy atom. The lowest BCUT2D eigenvalue weighted by Gasteiger charge is -2.27. The van der Waals surface area contributed by atoms with Gasteiger partial charge in [0.1, 0.15) is 6.04 Å². The summed E-state index contributed by atoms with van der Waals surface area (Å²) >= 11 is 4.00. The molecule has 0 aliphatic heterocycles. The van der Waals surface area contributed by atoms with Gasteiger partial charge in [-0.15, -0.1) is 0 Å². The summed E-state index contributed by atoms with van der Waals surface area (Å²) in [6, 6.07) is -0.649. The summed E-state index contributed by atoms with van der Waals surface area (Å²) in [6.07, 6.45) is 0. The second-order valence-corrected chi connectivity index (χ2v) is 3.09. The number of amides is 1. The van der Waals surface area contributed by atoms with Gasteiger partial charge in [0.15, 0.2) is 0 Å². The van der Waals surface area contributed by atoms with E-state index in [1.165, 1.54) is 18.9 Å². The van der Waals surface area contributed by atoms with Gasteiger partial charge in [-0.05, 0) is 0 Å². The molecule has 0 radical (unpaired) electrons. The molecule has 1 amide bonds. The van der Waals surface area contributed by atoms with Gasteiger partial charge in [-0.2, -0.15) is 12.6 Å². The van der Waals surface area contributed by atoms with Gasteiger partial charge in [0, 0.05) is 25.8 Å². The summed E-state index contributed by atoms with van der Waals surface area (Å²) < 4.78 is 4.56. The minimum atomic E-state index is -0.649. The number of carbonyl (C=O) groups excluding carboxylic acids is 2. The lowest BCUT2D eigenvalue weighted by molar-refractivity contribution is -0.151. The highest BCUT2D eigenvalue weighted by molar-refractivity contribution is 7.80. The summed E-state index contributed by atoms with van der Waals surface area (Å²) in [5.41, 5.74) is 5.33. The molecule has 2 N–H and O–H groups in total. The smallest absolute Gasteiger partial charge is 0.329 e. The van der Waals surface area contributed by atoms with E-state index < -0.39 is 12.0 Å². The van der Waals surface area contributed by atoms with Gasteiger partial charge in [0.05, 0.1) is 7.11 Å². The maximum absolute atomic E-state index is 11.3. The highest BCUT2D eigenvalue weighted by Gasteiger charge is 2.26. The van der Waals surface area contributed by atoms with Crippen LogP contribution in [0.4, 0.5) is 0 Å². The molecule has 0 saturated carbocycles. The Morgan fingerprint density at radius 1 is 1.57 bits per heavy atom. The molecule has 0 unspecified atom stereocenters. The van der Waals surface area contributed by atoms with Gasteiger partial charge < -0.3 is 15.4 Å². The third kappa shape index (κ3) is 3.55. The van der Waals surface area contributed by atoms with E-state index in [1.54, 1.807) is 0 Å². The largest absolute Gasteiger partial charge is 0.467 e. The summed E-state index contributed by atoms with van der Waals surface area (Å²) in [7, 11) is 1.28. The van der Waals surface area contributed by atoms with Crippen LogP contribution in [0.25, 0.3) is 0 Å². The van der Waals surface area contributed by atoms with Crippen LogP contribution in [0.3, 0.4) is 0 Å². The number of hydrogen-bond acceptors (Lipinski definition) is 5. The van der Waals surface area contributed by atoms with E-state index in [0.717, 1.165) is 0 Å². The average molecular weight is 220 g/mol. The maximum atomic E-state index is 11.3. The van der Waals surface area contributed by atoms with Crippen molar-refractivity contribution in [1.29, 1.82) is 0 Å². The van der Waals surface area contributed by atoms with Crippen LogP contribution in [0.2, 0.25) is 0 Å². The van der Waals surface area contributed by atoms with Crippen LogP contribution < -0.4 is 5.73 Å². The summed E-state index contributed by atoms with van der Waals surface area (Å²) in [5.74, 6) is -0.449. The van der Waals surface area contributed by atoms with E-state index in [4.69, 9.17) is 5.73 Å². The van der Waals surface area contributed by atoms with E-state index in [2.05, 4.69) is 17.4 Å². The Bertz CT molecular complexity index is 211. The number of methoxy groups -OCH3 is 1. The van der Waals surface area contributed by atoms with Crippen LogP contribution in [0, 0.1) is 0 Å². The van der Waals surface area contributed by atoms with Crippen LogP contribution >= 0.6 is 12.6 Å². The average Bonchev–Trinajstić information content (AvgIpc) is 2.16. The van der Waals surface area contributed by atoms with Crippen molar-refractivity contribution in [2.24, 2.45) is 5.73 Å². The molecule has 0 bridgehead atoms. The minimum absolute atomic E-state index is 0.208. The fourth-order valence-corrected chi connectivity index (χ4v) is 1.45. The van der Waals surface area contributed by atoms with Gasteiger partial charge in [0.2, 0.25) is 5.91 Å². The van der Waals surface area contributed by atoms with Crippen molar-refractivity contribution in [2.45, 2.75) is 13.0 Å². The zero-order valence-corrected chi connectivity index (χ0v) is 9.29. The van der Waals surface area contributed by atoms with Gasteiger partial charge >= 0.3 is 5.97 Å². The van der Waals surface area contributed by atoms with Gasteiger partial charge in [0.25, 0.3) is 0 Å². The Kier molecular flexibility index (Phi) is 6.31. The molecule has 0 rings (SSSR count). The van der Waals surface area contributed by atoms with E-state index >= 15 is 0 Å². The second kappa shape index (κ2) is 6.67. The quantitative estimate of drug-likeness (QED) is 0.473. The number of ether oxygens (including phenoxy) is 1. The number of nitrogens with two attached hydrogens (primary N) is 1. The molecule has 0 aromatic carbocycles. The van der Waals surface area contributed by atoms with Crippen molar-refractivity contribution in [2.75, 3.05) is 26.0 Å². The molecule has 0 heterocycles. The van der Waals surface area contributed by atoms with Gasteiger partial charge in [-0.3, -0.25) is 4.79 Å². The van der Waals surface area contributed by atoms with Crippen LogP contribution in [0.5, 0.6) is 0 Å². The first-order chi connectivity index (χ1) is 6.58. The van der Waals surface area contributed by atoms with Crippen molar-refractivity contribution in [3.05, 3.63) is 0 Å². The minimum Gasteiger partial charge on any atom is -0.467 e. The molecule has 6 heteroatoms. The molecule has 82 valence electrons. The highest BCUT2D eigenvalue weighted by Crippen LogP contribution is 2.04. The van der Waals surface area contributed by atoms with Crippen molar-refractivity contribution < 1.29 is 14.3 Å². The highest BCUT2D eigenvalue weighted by atomic mass is 32.1. The first-order valence-electron chi connectivity index (χ1n) is 4.24. The summed E-state index contributed by atoms with van der Waals surface area (Å²) in [6.45, 7) is 2.02. The molecular weight excluding hydrogens is 204 g/mol. The molecule has 14 heavy (non-hydrogen) atoms. The first kappa shape index (κ1) is 13.2. The van der Waals surface area contributed by atoms with Crippen LogP contribution in [0.1, 0.15) is 6.92 Å². The van der Waals surface area contributed by atoms with E-state index in [9.17, 15) is 9.59 Å². The maximum Gasteiger partial charge on any atom is 0.329 e. The van der Waals surface area contributed by atoms with Crippen molar-refractivity contribution in [3.8, 4) is 0 Å². The lowest BCUT2D eigenvalue weighted by Crippen LogP contribution is -2.48. The third-order valence-electron chi connectivity index (χ3n) is 1.80. The molecule has 0 aromatic rings. The molecule has 0 saturated heterocycles. The normalized spacial score (nSPS) is 12.0. The number of nitrogens with zero attached hydrogens (tertiary/aromatic N) is 1. The van der Waals surface area contributed by atoms with E-state index in [1.807, 2.05) is 0 Å². The Morgan fingerprint density at radius 3 is 2.43 bits per heavy atom. The molecular formula is C8H16N2O3S. The fraction of sp³-hybridized carbons (Fsp3) is 0.750. The van der Waals surface area contributed by atoms with Crippen molar-refractivity contribution >= 4 is 24.5 Å². The Hall–Kier alpha value is -0.750. The number of rotatable bonds is 5. The number of carbonyl (C=O) groups is 2. The zero-order chi connectivity index (χ0) is 11.1. The molecule has 0 spiro atoms. The summed E-state index contributed by atoms with van der Waals surface area (Å²) in [4.78, 5) is 23.8. The van der Waals surface area contributed by atoms with E-state index in [0.29, 0.717) is 13.1 Å². The standard InChI is InChI=1S/C8H16N2O3S/c1-6(11)10(4-3-9)7(5-14)8(12)13-2/h7,14H,3-5,9H2,1-2H3/t7-/m0/s1. The topological polar surface area (TPSA) is 72.6 Å². The molecule has 0 fully saturated rings. The van der Waals surface area contributed by atoms with Gasteiger partial charge in [-0.1, -0.05) is 0 Å². The van der Waals surface area contributed by atoms with Crippen molar-refractivity contribution in [3.63, 3.8) is 0 Å². The van der Waals surface area contributed by atoms with Gasteiger partial charge in [-0.25, -0.2) is 4.79 Å². The molecule has 5 nitrogen and oxygen atoms in total. The first-order valence-corrected chi connectivity index (χ1v) is 4.87. The second-order valence-electron chi connectivity index (χ2n) is 2.72. The molecule has 1 atom stereocenters. The Labute approximate surface area is 89.0 Å². The van der Waals surface area contributed by atoms with Crippen LogP contribution in [-0.4, -0.2) is 48.8 Å². The zero-order valence-electron chi connectivity index (χ0n) is 8.40. The molecule has 0 aromatic heterocycles. The lowest BCUT2D eigenvalue weighted by atomic mass is 10.2. The van der Waals surface area contributed by atoms with E-state index in [-0.39, 0.29) is 11.7 Å². The monoisotopic (exact) mass is 220 g/mol. The Balaban J connectivity index is 4.57. The predicted octanol–water partition coefficient (Wildman–Crippen LogP) is -0.735. The third-order valence-corrected chi connectivity index (χ3v) is 2.14. The number of thiol groups is 1. The molecule has 0 aliphatic carbocycles. The SMILES string of the molecule is COC(=O)[C@H](CS)N(CCN)C(C)=O. The number of esters is 1. The van der Waals surface area contributed by atoms with Crippen molar-refractivity contribution in [1.82, 2.24) is 4.90 Å². The molecule has 0 aliphatic rings. The predicted molar refractivity (Wildman–Crippen MR) is 56.1 cm³/mol. The van der Waals surface area contributed by atoms with Crippen LogP contribution in [0.15, 0.2) is 0 Å². The fourth-order valence-electron chi connectivity index (χ4n) is 1.11. The van der Waals surface area contributed by atoms with Crippen LogP contribution in [-0.2, 0) is 14.3 Å². The summed E-state index contributed by atoms with van der Waals surface area (Å²) in [5, 5.41) is 0.